The highest BCUT2D eigenvalue weighted by Crippen LogP contribution is 2.43. The van der Waals surface area contributed by atoms with E-state index in [4.69, 9.17) is 29.0 Å². The van der Waals surface area contributed by atoms with Gasteiger partial charge in [-0.25, -0.2) is 4.57 Å². The van der Waals surface area contributed by atoms with Crippen LogP contribution in [0.15, 0.2) is 24.3 Å². The first kappa shape index (κ1) is 46.5. The van der Waals surface area contributed by atoms with Gasteiger partial charge in [-0.3, -0.25) is 18.6 Å². The number of phosphoric acid groups is 1. The number of phosphoric ester groups is 1. The number of hydrogen-bond acceptors (Lipinski definition) is 9. The molecule has 0 bridgehead atoms. The van der Waals surface area contributed by atoms with E-state index in [1.807, 2.05) is 0 Å². The molecule has 0 saturated carbocycles. The predicted molar refractivity (Wildman–Crippen MR) is 201 cm³/mol. The van der Waals surface area contributed by atoms with Crippen LogP contribution in [0.2, 0.25) is 0 Å². The Bertz CT molecular complexity index is 945. The van der Waals surface area contributed by atoms with Crippen LogP contribution in [0.5, 0.6) is 0 Å². The van der Waals surface area contributed by atoms with Gasteiger partial charge in [0.05, 0.1) is 25.4 Å². The smallest absolute Gasteiger partial charge is 0.462 e. The third-order valence-corrected chi connectivity index (χ3v) is 9.72. The van der Waals surface area contributed by atoms with Crippen LogP contribution in [0.3, 0.4) is 0 Å². The van der Waals surface area contributed by atoms with Gasteiger partial charge in [0.25, 0.3) is 0 Å². The van der Waals surface area contributed by atoms with Crippen LogP contribution in [0.1, 0.15) is 168 Å². The van der Waals surface area contributed by atoms with Crippen molar-refractivity contribution in [3.63, 3.8) is 0 Å². The molecule has 1 heterocycles. The lowest BCUT2D eigenvalue weighted by Gasteiger charge is -2.19. The fraction of sp³-hybridized carbons (Fsp3) is 0.846. The maximum Gasteiger partial charge on any atom is 0.472 e. The maximum atomic E-state index is 12.5. The Kier molecular flexibility index (Phi) is 29.9. The number of unbranched alkanes of at least 4 members (excludes halogenated alkanes) is 16. The lowest BCUT2D eigenvalue weighted by Crippen LogP contribution is -2.29. The second-order valence-electron chi connectivity index (χ2n) is 13.5. The van der Waals surface area contributed by atoms with Gasteiger partial charge in [-0.2, -0.15) is 0 Å². The van der Waals surface area contributed by atoms with Gasteiger partial charge in [0.1, 0.15) is 6.61 Å². The SMILES string of the molecule is CCCCCC/C=C\CCCCCCCC(=O)OC[C@H](COP(=O)(O)OCCN)OC(=O)CCCCCCC/C=C\CC1OC1CCCCC. The monoisotopic (exact) mass is 729 g/mol. The van der Waals surface area contributed by atoms with Gasteiger partial charge in [-0.1, -0.05) is 115 Å². The van der Waals surface area contributed by atoms with Crippen LogP contribution in [-0.4, -0.2) is 61.5 Å². The number of ether oxygens (including phenoxy) is 3. The number of esters is 2. The molecule has 4 atom stereocenters. The van der Waals surface area contributed by atoms with Crippen LogP contribution < -0.4 is 5.73 Å². The Morgan fingerprint density at radius 1 is 0.700 bits per heavy atom. The van der Waals surface area contributed by atoms with Gasteiger partial charge in [0.15, 0.2) is 6.10 Å². The Morgan fingerprint density at radius 2 is 1.24 bits per heavy atom. The van der Waals surface area contributed by atoms with Crippen LogP contribution in [-0.2, 0) is 37.4 Å². The summed E-state index contributed by atoms with van der Waals surface area (Å²) in [5.41, 5.74) is 5.33. The Balaban J connectivity index is 2.21. The molecule has 0 aromatic heterocycles. The number of carbonyl (C=O) groups is 2. The van der Waals surface area contributed by atoms with Gasteiger partial charge >= 0.3 is 19.8 Å². The minimum absolute atomic E-state index is 0.0480. The molecule has 0 spiro atoms. The third kappa shape index (κ3) is 29.1. The van der Waals surface area contributed by atoms with E-state index in [0.29, 0.717) is 18.6 Å². The zero-order valence-corrected chi connectivity index (χ0v) is 32.5. The lowest BCUT2D eigenvalue weighted by molar-refractivity contribution is -0.161. The van der Waals surface area contributed by atoms with Crippen LogP contribution >= 0.6 is 7.82 Å². The second kappa shape index (κ2) is 32.1. The summed E-state index contributed by atoms with van der Waals surface area (Å²) < 4.78 is 38.4. The molecule has 1 fully saturated rings. The van der Waals surface area contributed by atoms with E-state index >= 15 is 0 Å². The zero-order valence-electron chi connectivity index (χ0n) is 31.6. The average molecular weight is 730 g/mol. The van der Waals surface area contributed by atoms with Crippen LogP contribution in [0.4, 0.5) is 0 Å². The van der Waals surface area contributed by atoms with E-state index in [0.717, 1.165) is 77.0 Å². The highest BCUT2D eigenvalue weighted by atomic mass is 31.2. The first-order valence-corrected chi connectivity index (χ1v) is 21.4. The molecule has 11 heteroatoms. The highest BCUT2D eigenvalue weighted by Gasteiger charge is 2.36. The molecule has 50 heavy (non-hydrogen) atoms. The first-order valence-electron chi connectivity index (χ1n) is 19.9. The molecular formula is C39H72NO9P. The van der Waals surface area contributed by atoms with E-state index in [1.165, 1.54) is 57.8 Å². The van der Waals surface area contributed by atoms with E-state index < -0.39 is 32.5 Å². The second-order valence-corrected chi connectivity index (χ2v) is 15.0. The molecule has 0 amide bonds. The quantitative estimate of drug-likeness (QED) is 0.0210. The van der Waals surface area contributed by atoms with Crippen molar-refractivity contribution in [3.8, 4) is 0 Å². The summed E-state index contributed by atoms with van der Waals surface area (Å²) in [5.74, 6) is -0.860. The molecule has 3 N–H and O–H groups in total. The minimum atomic E-state index is -4.38. The minimum Gasteiger partial charge on any atom is -0.462 e. The summed E-state index contributed by atoms with van der Waals surface area (Å²) in [4.78, 5) is 34.8. The normalized spacial score (nSPS) is 17.7. The van der Waals surface area contributed by atoms with E-state index in [1.54, 1.807) is 0 Å². The van der Waals surface area contributed by atoms with Gasteiger partial charge in [0.2, 0.25) is 0 Å². The van der Waals surface area contributed by atoms with Crippen molar-refractivity contribution in [2.45, 2.75) is 186 Å². The Morgan fingerprint density at radius 3 is 1.86 bits per heavy atom. The number of carbonyl (C=O) groups excluding carboxylic acids is 2. The van der Waals surface area contributed by atoms with E-state index in [9.17, 15) is 19.0 Å². The lowest BCUT2D eigenvalue weighted by atomic mass is 10.1. The van der Waals surface area contributed by atoms with Gasteiger partial charge in [0, 0.05) is 19.4 Å². The van der Waals surface area contributed by atoms with Crippen LogP contribution in [0.25, 0.3) is 0 Å². The van der Waals surface area contributed by atoms with Crippen molar-refractivity contribution in [2.24, 2.45) is 5.73 Å². The predicted octanol–water partition coefficient (Wildman–Crippen LogP) is 9.82. The van der Waals surface area contributed by atoms with Gasteiger partial charge in [-0.05, 0) is 64.2 Å². The van der Waals surface area contributed by atoms with Crippen molar-refractivity contribution < 1.29 is 42.3 Å². The molecule has 0 aromatic rings. The molecule has 0 aromatic carbocycles. The molecule has 0 aliphatic carbocycles. The largest absolute Gasteiger partial charge is 0.472 e. The topological polar surface area (TPSA) is 147 Å². The summed E-state index contributed by atoms with van der Waals surface area (Å²) in [6.45, 7) is 3.64. The van der Waals surface area contributed by atoms with Crippen LogP contribution in [0, 0.1) is 0 Å². The molecule has 1 rings (SSSR count). The highest BCUT2D eigenvalue weighted by molar-refractivity contribution is 7.47. The molecule has 1 aliphatic heterocycles. The number of rotatable bonds is 36. The summed E-state index contributed by atoms with van der Waals surface area (Å²) in [7, 11) is -4.38. The summed E-state index contributed by atoms with van der Waals surface area (Å²) in [5, 5.41) is 0. The standard InChI is InChI=1S/C39H72NO9P/c1-3-5-7-8-9-10-11-12-13-14-18-21-25-29-38(41)45-33-35(34-47-50(43,44)46-32-31-40)48-39(42)30-26-22-19-16-15-17-20-24-28-37-36(49-37)27-23-6-4-2/h10-11,20,24,35-37H,3-9,12-19,21-23,25-34,40H2,1-2H3,(H,43,44)/b11-10-,24-20-/t35-,36?,37?/m1/s1. The summed E-state index contributed by atoms with van der Waals surface area (Å²) >= 11 is 0. The molecule has 1 saturated heterocycles. The zero-order chi connectivity index (χ0) is 36.5. The molecule has 0 radical (unpaired) electrons. The van der Waals surface area contributed by atoms with E-state index in [-0.39, 0.29) is 32.6 Å². The molecule has 292 valence electrons. The van der Waals surface area contributed by atoms with E-state index in [2.05, 4.69) is 38.2 Å². The Labute approximate surface area is 304 Å². The molecule has 10 nitrogen and oxygen atoms in total. The van der Waals surface area contributed by atoms with Crippen molar-refractivity contribution in [3.05, 3.63) is 24.3 Å². The fourth-order valence-electron chi connectivity index (χ4n) is 5.63. The van der Waals surface area contributed by atoms with Crippen molar-refractivity contribution in [2.75, 3.05) is 26.4 Å². The summed E-state index contributed by atoms with van der Waals surface area (Å²) in [6.07, 6.45) is 33.7. The number of nitrogens with two attached hydrogens (primary N) is 1. The Hall–Kier alpha value is -1.55. The molecular weight excluding hydrogens is 657 g/mol. The molecule has 1 aliphatic rings. The third-order valence-electron chi connectivity index (χ3n) is 8.73. The van der Waals surface area contributed by atoms with Crippen molar-refractivity contribution in [1.82, 2.24) is 0 Å². The summed E-state index contributed by atoms with van der Waals surface area (Å²) in [6, 6.07) is 0. The average Bonchev–Trinajstić information content (AvgIpc) is 3.85. The number of hydrogen-bond donors (Lipinski definition) is 2. The number of allylic oxidation sites excluding steroid dienone is 3. The van der Waals surface area contributed by atoms with Crippen molar-refractivity contribution >= 4 is 19.8 Å². The van der Waals surface area contributed by atoms with Gasteiger partial charge < -0.3 is 24.8 Å². The maximum absolute atomic E-state index is 12.5. The number of epoxide rings is 1. The fourth-order valence-corrected chi connectivity index (χ4v) is 6.40. The molecule has 3 unspecified atom stereocenters. The van der Waals surface area contributed by atoms with Gasteiger partial charge in [-0.15, -0.1) is 0 Å². The van der Waals surface area contributed by atoms with Crippen molar-refractivity contribution in [1.29, 1.82) is 0 Å². The first-order chi connectivity index (χ1) is 24.3.